The molecule has 0 aromatic heterocycles. The van der Waals surface area contributed by atoms with Crippen molar-refractivity contribution >= 4 is 0 Å². The molecule has 1 aromatic rings. The molecular weight excluding hydrogens is 322 g/mol. The zero-order chi connectivity index (χ0) is 16.8. The third-order valence-corrected chi connectivity index (χ3v) is 4.22. The molecule has 0 heterocycles. The molecule has 0 N–H and O–H groups in total. The van der Waals surface area contributed by atoms with Crippen molar-refractivity contribution < 1.29 is 26.6 Å². The van der Waals surface area contributed by atoms with Gasteiger partial charge in [-0.2, -0.15) is 0 Å². The number of nitrogens with zero attached hydrogens (tertiary/aromatic N) is 1. The lowest BCUT2D eigenvalue weighted by atomic mass is 10.1. The molecule has 0 fully saturated rings. The molecule has 0 aliphatic rings. The Hall–Kier alpha value is -0.770. The second-order valence-electron chi connectivity index (χ2n) is 6.47. The highest BCUT2D eigenvalue weighted by molar-refractivity contribution is 5.20. The van der Waals surface area contributed by atoms with Gasteiger partial charge in [-0.3, -0.25) is 0 Å². The van der Waals surface area contributed by atoms with E-state index in [1.54, 1.807) is 0 Å². The van der Waals surface area contributed by atoms with Crippen LogP contribution >= 0.6 is 0 Å². The zero-order valence-corrected chi connectivity index (χ0v) is 16.6. The van der Waals surface area contributed by atoms with E-state index in [4.69, 9.17) is 9.57 Å². The minimum absolute atomic E-state index is 0. The molecule has 0 saturated carbocycles. The number of halogens is 1. The molecule has 24 heavy (non-hydrogen) atoms. The molecule has 0 spiro atoms. The number of unbranched alkanes of at least 4 members (excludes halogenated alkanes) is 6. The van der Waals surface area contributed by atoms with Gasteiger partial charge in [0, 0.05) is 13.0 Å². The van der Waals surface area contributed by atoms with Crippen LogP contribution in [0.25, 0.3) is 0 Å². The highest BCUT2D eigenvalue weighted by Gasteiger charge is 2.24. The monoisotopic (exact) mass is 357 g/mol. The summed E-state index contributed by atoms with van der Waals surface area (Å²) in [6.45, 7) is 7.74. The van der Waals surface area contributed by atoms with Crippen molar-refractivity contribution in [3.05, 3.63) is 30.3 Å². The first-order chi connectivity index (χ1) is 11.2. The molecule has 1 rings (SSSR count). The van der Waals surface area contributed by atoms with Crippen LogP contribution in [-0.4, -0.2) is 38.0 Å². The van der Waals surface area contributed by atoms with Gasteiger partial charge in [0.1, 0.15) is 20.1 Å². The average Bonchev–Trinajstić information content (AvgIpc) is 2.55. The maximum Gasteiger partial charge on any atom is 0.190 e. The fourth-order valence-corrected chi connectivity index (χ4v) is 2.74. The van der Waals surface area contributed by atoms with Crippen LogP contribution in [0.15, 0.2) is 30.3 Å². The van der Waals surface area contributed by atoms with Gasteiger partial charge in [-0.15, -0.1) is 4.65 Å². The van der Waals surface area contributed by atoms with E-state index in [2.05, 4.69) is 14.0 Å². The lowest BCUT2D eigenvalue weighted by Gasteiger charge is -2.31. The SMILES string of the molecule is CCCCCCCCC[N+](C)(CCOCC)Oc1ccccc1.[Cl-]. The topological polar surface area (TPSA) is 18.5 Å². The van der Waals surface area contributed by atoms with Crippen molar-refractivity contribution in [3.8, 4) is 5.75 Å². The number of hydroxylamine groups is 3. The molecule has 0 bridgehead atoms. The summed E-state index contributed by atoms with van der Waals surface area (Å²) in [6.07, 6.45) is 9.29. The number of hydrogen-bond donors (Lipinski definition) is 0. The maximum atomic E-state index is 6.25. The van der Waals surface area contributed by atoms with Crippen molar-refractivity contribution in [2.24, 2.45) is 0 Å². The summed E-state index contributed by atoms with van der Waals surface area (Å²) in [5.74, 6) is 0.939. The highest BCUT2D eigenvalue weighted by atomic mass is 35.5. The van der Waals surface area contributed by atoms with Gasteiger partial charge in [-0.25, -0.2) is 0 Å². The second kappa shape index (κ2) is 14.6. The fraction of sp³-hybridized carbons (Fsp3) is 0.700. The Morgan fingerprint density at radius 2 is 1.46 bits per heavy atom. The van der Waals surface area contributed by atoms with Crippen molar-refractivity contribution in [2.75, 3.05) is 33.4 Å². The number of para-hydroxylation sites is 1. The summed E-state index contributed by atoms with van der Waals surface area (Å²) in [5, 5.41) is 0. The Morgan fingerprint density at radius 1 is 0.833 bits per heavy atom. The largest absolute Gasteiger partial charge is 1.00 e. The van der Waals surface area contributed by atoms with Gasteiger partial charge in [0.2, 0.25) is 0 Å². The Kier molecular flexibility index (Phi) is 14.1. The second-order valence-corrected chi connectivity index (χ2v) is 6.47. The Bertz CT molecular complexity index is 388. The Labute approximate surface area is 155 Å². The maximum absolute atomic E-state index is 6.25. The van der Waals surface area contributed by atoms with E-state index in [9.17, 15) is 0 Å². The van der Waals surface area contributed by atoms with E-state index < -0.39 is 0 Å². The minimum Gasteiger partial charge on any atom is -1.00 e. The normalized spacial score (nSPS) is 13.1. The lowest BCUT2D eigenvalue weighted by Crippen LogP contribution is -3.00. The van der Waals surface area contributed by atoms with Crippen LogP contribution in [0.4, 0.5) is 0 Å². The standard InChI is InChI=1S/C20H36NO2.ClH/c1-4-6-7-8-9-10-14-17-21(3,18-19-22-5-2)23-20-15-12-11-13-16-20;/h11-13,15-16H,4-10,14,17-19H2,1-3H3;1H/q+1;/p-1. The van der Waals surface area contributed by atoms with Gasteiger partial charge < -0.3 is 22.0 Å². The van der Waals surface area contributed by atoms with Gasteiger partial charge in [-0.05, 0) is 25.5 Å². The molecule has 1 atom stereocenters. The smallest absolute Gasteiger partial charge is 0.190 e. The molecule has 4 heteroatoms. The van der Waals surface area contributed by atoms with E-state index in [0.29, 0.717) is 4.65 Å². The minimum atomic E-state index is 0. The molecular formula is C20H36ClNO2. The predicted molar refractivity (Wildman–Crippen MR) is 97.5 cm³/mol. The summed E-state index contributed by atoms with van der Waals surface area (Å²) in [7, 11) is 2.17. The van der Waals surface area contributed by atoms with Gasteiger partial charge >= 0.3 is 0 Å². The quantitative estimate of drug-likeness (QED) is 0.289. The molecule has 0 amide bonds. The van der Waals surface area contributed by atoms with Crippen molar-refractivity contribution in [1.82, 2.24) is 0 Å². The van der Waals surface area contributed by atoms with Crippen LogP contribution in [-0.2, 0) is 4.74 Å². The number of likely N-dealkylation sites (N-methyl/N-ethyl adjacent to an activating group) is 1. The predicted octanol–water partition coefficient (Wildman–Crippen LogP) is 2.22. The highest BCUT2D eigenvalue weighted by Crippen LogP contribution is 2.17. The summed E-state index contributed by atoms with van der Waals surface area (Å²) >= 11 is 0. The fourth-order valence-electron chi connectivity index (χ4n) is 2.74. The van der Waals surface area contributed by atoms with Crippen LogP contribution < -0.4 is 17.2 Å². The molecule has 0 saturated heterocycles. The first kappa shape index (κ1) is 23.2. The molecule has 0 aliphatic heterocycles. The van der Waals surface area contributed by atoms with Gasteiger partial charge in [0.05, 0.1) is 6.61 Å². The third-order valence-electron chi connectivity index (χ3n) is 4.22. The third kappa shape index (κ3) is 10.9. The van der Waals surface area contributed by atoms with E-state index in [0.717, 1.165) is 32.1 Å². The average molecular weight is 358 g/mol. The number of ether oxygens (including phenoxy) is 1. The van der Waals surface area contributed by atoms with Crippen LogP contribution in [0, 0.1) is 0 Å². The summed E-state index contributed by atoms with van der Waals surface area (Å²) in [5.41, 5.74) is 0. The first-order valence-electron chi connectivity index (χ1n) is 9.37. The van der Waals surface area contributed by atoms with Crippen molar-refractivity contribution in [3.63, 3.8) is 0 Å². The van der Waals surface area contributed by atoms with Gasteiger partial charge in [-0.1, -0.05) is 57.2 Å². The van der Waals surface area contributed by atoms with Crippen molar-refractivity contribution in [2.45, 2.75) is 58.8 Å². The van der Waals surface area contributed by atoms with E-state index in [-0.39, 0.29) is 12.4 Å². The number of quaternary nitrogens is 1. The van der Waals surface area contributed by atoms with Gasteiger partial charge in [0.15, 0.2) is 5.75 Å². The van der Waals surface area contributed by atoms with E-state index in [1.165, 1.54) is 44.9 Å². The summed E-state index contributed by atoms with van der Waals surface area (Å²) < 4.78 is 6.14. The summed E-state index contributed by atoms with van der Waals surface area (Å²) in [6, 6.07) is 10.1. The number of benzene rings is 1. The molecule has 0 radical (unpaired) electrons. The number of rotatable bonds is 14. The Morgan fingerprint density at radius 3 is 2.08 bits per heavy atom. The summed E-state index contributed by atoms with van der Waals surface area (Å²) in [4.78, 5) is 6.25. The molecule has 3 nitrogen and oxygen atoms in total. The van der Waals surface area contributed by atoms with Gasteiger partial charge in [0.25, 0.3) is 0 Å². The molecule has 140 valence electrons. The van der Waals surface area contributed by atoms with Crippen molar-refractivity contribution in [1.29, 1.82) is 0 Å². The first-order valence-corrected chi connectivity index (χ1v) is 9.37. The Balaban J connectivity index is 0.00000529. The van der Waals surface area contributed by atoms with E-state index in [1.807, 2.05) is 37.3 Å². The molecule has 1 unspecified atom stereocenters. The lowest BCUT2D eigenvalue weighted by molar-refractivity contribution is -1.06. The van der Waals surface area contributed by atoms with E-state index >= 15 is 0 Å². The van der Waals surface area contributed by atoms with Crippen LogP contribution in [0.3, 0.4) is 0 Å². The van der Waals surface area contributed by atoms with Crippen LogP contribution in [0.1, 0.15) is 58.8 Å². The zero-order valence-electron chi connectivity index (χ0n) is 15.8. The molecule has 0 aliphatic carbocycles. The van der Waals surface area contributed by atoms with Crippen LogP contribution in [0.2, 0.25) is 0 Å². The number of hydrogen-bond acceptors (Lipinski definition) is 2. The van der Waals surface area contributed by atoms with Crippen LogP contribution in [0.5, 0.6) is 5.75 Å². The molecule has 1 aromatic carbocycles.